The quantitative estimate of drug-likeness (QED) is 0.200. The van der Waals surface area contributed by atoms with Gasteiger partial charge in [0.1, 0.15) is 24.7 Å². The van der Waals surface area contributed by atoms with E-state index in [0.717, 1.165) is 0 Å². The highest BCUT2D eigenvalue weighted by molar-refractivity contribution is 6.46. The van der Waals surface area contributed by atoms with Crippen LogP contribution >= 0.6 is 0 Å². The van der Waals surface area contributed by atoms with Crippen LogP contribution in [0.2, 0.25) is 0 Å². The number of nitro benzene ring substituents is 1. The van der Waals surface area contributed by atoms with Crippen molar-refractivity contribution in [1.29, 1.82) is 0 Å². The second-order valence-electron chi connectivity index (χ2n) is 7.71. The van der Waals surface area contributed by atoms with Gasteiger partial charge in [-0.1, -0.05) is 0 Å². The highest BCUT2D eigenvalue weighted by Gasteiger charge is 2.46. The largest absolute Gasteiger partial charge is 0.507 e. The van der Waals surface area contributed by atoms with Gasteiger partial charge in [0, 0.05) is 17.7 Å². The summed E-state index contributed by atoms with van der Waals surface area (Å²) < 4.78 is 16.4. The summed E-state index contributed by atoms with van der Waals surface area (Å²) >= 11 is 0. The van der Waals surface area contributed by atoms with Gasteiger partial charge >= 0.3 is 0 Å². The molecule has 2 aliphatic heterocycles. The average molecular weight is 462 g/mol. The molecular weight excluding hydrogens is 444 g/mol. The standard InChI is InChI=1S/C24H18N2O8/c27-22(15-5-8-18-19(12-15)34-11-10-33-18)20-21(14-3-6-16(7-4-14)26(30)31)25(24(29)23(20)28)13-17-2-1-9-32-17/h1-9,12,21,27H,10-11,13H2. The SMILES string of the molecule is O=C1C(=O)N(Cc2ccco2)C(c2ccc([N+](=O)[O-])cc2)C1=C(O)c1ccc2c(c1)OCCO2. The molecule has 0 bridgehead atoms. The number of ketones is 1. The second-order valence-corrected chi connectivity index (χ2v) is 7.71. The fourth-order valence-corrected chi connectivity index (χ4v) is 4.08. The number of carbonyl (C=O) groups excluding carboxylic acids is 2. The van der Waals surface area contributed by atoms with E-state index in [1.54, 1.807) is 24.3 Å². The summed E-state index contributed by atoms with van der Waals surface area (Å²) in [6.45, 7) is 0.709. The van der Waals surface area contributed by atoms with Gasteiger partial charge in [0.15, 0.2) is 11.5 Å². The van der Waals surface area contributed by atoms with Crippen LogP contribution < -0.4 is 9.47 Å². The number of ether oxygens (including phenoxy) is 2. The Kier molecular flexibility index (Phi) is 5.25. The van der Waals surface area contributed by atoms with Gasteiger partial charge in [0.05, 0.1) is 29.3 Å². The Labute approximate surface area is 192 Å². The molecule has 1 fully saturated rings. The maximum Gasteiger partial charge on any atom is 0.296 e. The number of hydrogen-bond acceptors (Lipinski definition) is 8. The van der Waals surface area contributed by atoms with Crippen molar-refractivity contribution < 1.29 is 33.5 Å². The first-order valence-electron chi connectivity index (χ1n) is 10.4. The summed E-state index contributed by atoms with van der Waals surface area (Å²) in [6.07, 6.45) is 1.45. The van der Waals surface area contributed by atoms with E-state index in [-0.39, 0.29) is 29.1 Å². The lowest BCUT2D eigenvalue weighted by atomic mass is 9.95. The first-order valence-corrected chi connectivity index (χ1v) is 10.4. The maximum absolute atomic E-state index is 13.1. The minimum Gasteiger partial charge on any atom is -0.507 e. The molecule has 1 amide bonds. The zero-order valence-electron chi connectivity index (χ0n) is 17.7. The van der Waals surface area contributed by atoms with Gasteiger partial charge in [-0.25, -0.2) is 0 Å². The van der Waals surface area contributed by atoms with Gasteiger partial charge < -0.3 is 23.9 Å². The molecule has 1 N–H and O–H groups in total. The fourth-order valence-electron chi connectivity index (χ4n) is 4.08. The third-order valence-corrected chi connectivity index (χ3v) is 5.68. The van der Waals surface area contributed by atoms with E-state index < -0.39 is 22.7 Å². The number of Topliss-reactive ketones (excluding diaryl/α,β-unsaturated/α-hetero) is 1. The highest BCUT2D eigenvalue weighted by atomic mass is 16.6. The van der Waals surface area contributed by atoms with Crippen molar-refractivity contribution in [3.63, 3.8) is 0 Å². The molecule has 0 aliphatic carbocycles. The first-order chi connectivity index (χ1) is 16.4. The summed E-state index contributed by atoms with van der Waals surface area (Å²) in [6, 6.07) is 12.5. The summed E-state index contributed by atoms with van der Waals surface area (Å²) in [5, 5.41) is 22.3. The van der Waals surface area contributed by atoms with Gasteiger partial charge in [0.2, 0.25) is 0 Å². The zero-order chi connectivity index (χ0) is 23.8. The molecular formula is C24H18N2O8. The minimum absolute atomic E-state index is 0.0306. The molecule has 1 aromatic heterocycles. The Balaban J connectivity index is 1.63. The van der Waals surface area contributed by atoms with E-state index in [1.165, 1.54) is 41.5 Å². The van der Waals surface area contributed by atoms with Gasteiger partial charge in [-0.3, -0.25) is 19.7 Å². The van der Waals surface area contributed by atoms with Crippen molar-refractivity contribution in [2.24, 2.45) is 0 Å². The molecule has 1 atom stereocenters. The topological polar surface area (TPSA) is 132 Å². The lowest BCUT2D eigenvalue weighted by Crippen LogP contribution is -2.29. The predicted octanol–water partition coefficient (Wildman–Crippen LogP) is 3.58. The number of nitro groups is 1. The number of aliphatic hydroxyl groups excluding tert-OH is 1. The summed E-state index contributed by atoms with van der Waals surface area (Å²) in [5.41, 5.74) is 0.420. The monoisotopic (exact) mass is 462 g/mol. The number of amides is 1. The molecule has 0 spiro atoms. The number of carbonyl (C=O) groups is 2. The molecule has 3 aromatic rings. The zero-order valence-corrected chi connectivity index (χ0v) is 17.7. The van der Waals surface area contributed by atoms with E-state index in [4.69, 9.17) is 13.9 Å². The van der Waals surface area contributed by atoms with E-state index in [9.17, 15) is 24.8 Å². The Morgan fingerprint density at radius 3 is 2.47 bits per heavy atom. The van der Waals surface area contributed by atoms with Gasteiger partial charge in [-0.05, 0) is 48.0 Å². The Morgan fingerprint density at radius 2 is 1.79 bits per heavy atom. The number of furan rings is 1. The Hall–Kier alpha value is -4.60. The smallest absolute Gasteiger partial charge is 0.296 e. The van der Waals surface area contributed by atoms with Crippen LogP contribution in [0.25, 0.3) is 5.76 Å². The van der Waals surface area contributed by atoms with Crippen molar-refractivity contribution in [2.75, 3.05) is 13.2 Å². The van der Waals surface area contributed by atoms with Gasteiger partial charge in [-0.15, -0.1) is 0 Å². The van der Waals surface area contributed by atoms with Crippen LogP contribution in [0.1, 0.15) is 22.9 Å². The lowest BCUT2D eigenvalue weighted by molar-refractivity contribution is -0.384. The molecule has 1 unspecified atom stereocenters. The van der Waals surface area contributed by atoms with Crippen molar-refractivity contribution in [3.8, 4) is 11.5 Å². The number of benzene rings is 2. The Bertz CT molecular complexity index is 1310. The van der Waals surface area contributed by atoms with Crippen molar-refractivity contribution >= 4 is 23.1 Å². The molecule has 0 radical (unpaired) electrons. The number of nitrogens with zero attached hydrogens (tertiary/aromatic N) is 2. The van der Waals surface area contributed by atoms with Gasteiger partial charge in [-0.2, -0.15) is 0 Å². The van der Waals surface area contributed by atoms with Crippen LogP contribution in [0, 0.1) is 10.1 Å². The fraction of sp³-hybridized carbons (Fsp3) is 0.167. The van der Waals surface area contributed by atoms with Crippen LogP contribution in [0.4, 0.5) is 5.69 Å². The van der Waals surface area contributed by atoms with Crippen LogP contribution in [0.5, 0.6) is 11.5 Å². The molecule has 172 valence electrons. The average Bonchev–Trinajstić information content (AvgIpc) is 3.46. The third kappa shape index (κ3) is 3.64. The van der Waals surface area contributed by atoms with Crippen molar-refractivity contribution in [3.05, 3.63) is 93.4 Å². The molecule has 10 heteroatoms. The summed E-state index contributed by atoms with van der Waals surface area (Å²) in [4.78, 5) is 37.9. The molecule has 0 saturated carbocycles. The van der Waals surface area contributed by atoms with Crippen LogP contribution in [0.15, 0.2) is 70.9 Å². The van der Waals surface area contributed by atoms with Gasteiger partial charge in [0.25, 0.3) is 17.4 Å². The normalized spacial score (nSPS) is 18.8. The number of fused-ring (bicyclic) bond motifs is 1. The van der Waals surface area contributed by atoms with E-state index in [0.29, 0.717) is 36.0 Å². The molecule has 2 aliphatic rings. The molecule has 10 nitrogen and oxygen atoms in total. The first kappa shape index (κ1) is 21.3. The maximum atomic E-state index is 13.1. The number of aliphatic hydroxyl groups is 1. The van der Waals surface area contributed by atoms with Crippen LogP contribution in [-0.4, -0.2) is 39.8 Å². The highest BCUT2D eigenvalue weighted by Crippen LogP contribution is 2.42. The molecule has 1 saturated heterocycles. The predicted molar refractivity (Wildman–Crippen MR) is 117 cm³/mol. The number of likely N-dealkylation sites (tertiary alicyclic amines) is 1. The van der Waals surface area contributed by atoms with Crippen molar-refractivity contribution in [2.45, 2.75) is 12.6 Å². The van der Waals surface area contributed by atoms with Crippen LogP contribution in [0.3, 0.4) is 0 Å². The molecule has 3 heterocycles. The molecule has 5 rings (SSSR count). The second kappa shape index (κ2) is 8.39. The van der Waals surface area contributed by atoms with Crippen molar-refractivity contribution in [1.82, 2.24) is 4.90 Å². The lowest BCUT2D eigenvalue weighted by Gasteiger charge is -2.24. The summed E-state index contributed by atoms with van der Waals surface area (Å²) in [7, 11) is 0. The number of rotatable bonds is 5. The number of hydrogen-bond donors (Lipinski definition) is 1. The molecule has 2 aromatic carbocycles. The Morgan fingerprint density at radius 1 is 1.06 bits per heavy atom. The number of non-ortho nitro benzene ring substituents is 1. The molecule has 34 heavy (non-hydrogen) atoms. The third-order valence-electron chi connectivity index (χ3n) is 5.68. The van der Waals surface area contributed by atoms with E-state index in [2.05, 4.69) is 0 Å². The summed E-state index contributed by atoms with van der Waals surface area (Å²) in [5.74, 6) is -0.727. The minimum atomic E-state index is -0.987. The van der Waals surface area contributed by atoms with E-state index >= 15 is 0 Å². The van der Waals surface area contributed by atoms with Crippen LogP contribution in [-0.2, 0) is 16.1 Å². The van der Waals surface area contributed by atoms with E-state index in [1.807, 2.05) is 0 Å².